The van der Waals surface area contributed by atoms with Crippen LogP contribution >= 0.6 is 23.5 Å². The Labute approximate surface area is 189 Å². The molecule has 2 saturated heterocycles. The number of nitrogens with zero attached hydrogens (tertiary/aromatic N) is 2. The molecular formula is C12H8N2Na2O6S2. The normalized spacial score (nSPS) is 25.3. The number of hydrogen-bond acceptors (Lipinski definition) is 8. The van der Waals surface area contributed by atoms with E-state index < -0.39 is 11.9 Å². The third-order valence-corrected chi connectivity index (χ3v) is 5.52. The van der Waals surface area contributed by atoms with Crippen LogP contribution in [0.5, 0.6) is 0 Å². The molecule has 24 heavy (non-hydrogen) atoms. The van der Waals surface area contributed by atoms with Gasteiger partial charge in [-0.15, -0.1) is 23.5 Å². The molecule has 0 radical (unpaired) electrons. The van der Waals surface area contributed by atoms with Gasteiger partial charge in [-0.2, -0.15) is 0 Å². The number of carboxylic acid groups (broad SMARTS) is 2. The van der Waals surface area contributed by atoms with Crippen LogP contribution in [-0.2, 0) is 19.2 Å². The van der Waals surface area contributed by atoms with Crippen molar-refractivity contribution in [3.8, 4) is 0 Å². The monoisotopic (exact) mass is 386 g/mol. The summed E-state index contributed by atoms with van der Waals surface area (Å²) in [6.07, 6.45) is 0.885. The standard InChI is InChI=1S/2C6H5NO3S.2Na/c2*8-4-1-5-7(4)3(2-11-5)6(9)10;;/h2*2,5H,1H2,(H,9,10);;/q;;2*+1/p-2/t2*5-;;/m11../s1. The van der Waals surface area contributed by atoms with Crippen LogP contribution in [0.15, 0.2) is 22.2 Å². The first-order valence-electron chi connectivity index (χ1n) is 6.18. The zero-order chi connectivity index (χ0) is 16.0. The maximum Gasteiger partial charge on any atom is 1.00 e. The minimum atomic E-state index is -1.27. The third-order valence-electron chi connectivity index (χ3n) is 3.42. The van der Waals surface area contributed by atoms with E-state index in [-0.39, 0.29) is 93.1 Å². The van der Waals surface area contributed by atoms with Crippen molar-refractivity contribution in [3.63, 3.8) is 0 Å². The summed E-state index contributed by atoms with van der Waals surface area (Å²) in [6.45, 7) is 0. The number of fused-ring (bicyclic) bond motifs is 2. The Balaban J connectivity index is 0.000000222. The van der Waals surface area contributed by atoms with Crippen LogP contribution in [0.3, 0.4) is 0 Å². The molecule has 0 aromatic heterocycles. The zero-order valence-electron chi connectivity index (χ0n) is 12.9. The van der Waals surface area contributed by atoms with E-state index in [1.54, 1.807) is 0 Å². The Bertz CT molecular complexity index is 612. The molecule has 2 fully saturated rings. The van der Waals surface area contributed by atoms with Gasteiger partial charge in [0.1, 0.15) is 0 Å². The maximum absolute atomic E-state index is 10.8. The van der Waals surface area contributed by atoms with Gasteiger partial charge in [-0.1, -0.05) is 0 Å². The quantitative estimate of drug-likeness (QED) is 0.339. The van der Waals surface area contributed by atoms with Gasteiger partial charge < -0.3 is 19.8 Å². The van der Waals surface area contributed by atoms with E-state index in [9.17, 15) is 29.4 Å². The number of carbonyl (C=O) groups is 4. The van der Waals surface area contributed by atoms with Crippen molar-refractivity contribution in [1.29, 1.82) is 0 Å². The molecule has 0 bridgehead atoms. The van der Waals surface area contributed by atoms with Gasteiger partial charge in [0.15, 0.2) is 0 Å². The largest absolute Gasteiger partial charge is 1.00 e. The van der Waals surface area contributed by atoms with Crippen molar-refractivity contribution >= 4 is 47.3 Å². The number of aliphatic carboxylic acids is 2. The zero-order valence-corrected chi connectivity index (χ0v) is 18.5. The first-order chi connectivity index (χ1) is 10.4. The van der Waals surface area contributed by atoms with E-state index in [1.165, 1.54) is 44.1 Å². The molecule has 4 aliphatic rings. The Hall–Kier alpha value is 0.0600. The number of β-lactam (4-membered cyclic amide) rings is 2. The molecule has 0 aliphatic carbocycles. The molecule has 2 amide bonds. The van der Waals surface area contributed by atoms with Gasteiger partial charge in [0, 0.05) is 0 Å². The SMILES string of the molecule is O=C([O-])C1=CS[C@@H]2CC(=O)N12.O=C([O-])C1=CS[C@@H]2CC(=O)N12.[Na+].[Na+]. The second kappa shape index (κ2) is 8.63. The number of thioether (sulfide) groups is 2. The average molecular weight is 386 g/mol. The van der Waals surface area contributed by atoms with Crippen molar-refractivity contribution in [3.05, 3.63) is 22.2 Å². The maximum atomic E-state index is 10.8. The number of carboxylic acids is 2. The predicted octanol–water partition coefficient (Wildman–Crippen LogP) is -8.23. The van der Waals surface area contributed by atoms with E-state index in [4.69, 9.17) is 0 Å². The first kappa shape index (κ1) is 22.1. The van der Waals surface area contributed by atoms with Crippen molar-refractivity contribution in [2.75, 3.05) is 0 Å². The molecule has 0 spiro atoms. The summed E-state index contributed by atoms with van der Waals surface area (Å²) < 4.78 is 0. The van der Waals surface area contributed by atoms with Crippen LogP contribution in [0, 0.1) is 0 Å². The van der Waals surface area contributed by atoms with E-state index in [0.29, 0.717) is 12.8 Å². The van der Waals surface area contributed by atoms with Crippen LogP contribution in [0.25, 0.3) is 0 Å². The Morgan fingerprint density at radius 1 is 0.875 bits per heavy atom. The van der Waals surface area contributed by atoms with Crippen molar-refractivity contribution in [2.45, 2.75) is 23.6 Å². The van der Waals surface area contributed by atoms with Crippen LogP contribution in [0.1, 0.15) is 12.8 Å². The molecule has 8 nitrogen and oxygen atoms in total. The van der Waals surface area contributed by atoms with E-state index in [2.05, 4.69) is 0 Å². The third kappa shape index (κ3) is 3.90. The average Bonchev–Trinajstić information content (AvgIpc) is 2.96. The van der Waals surface area contributed by atoms with Gasteiger partial charge >= 0.3 is 59.1 Å². The molecule has 12 heteroatoms. The Morgan fingerprint density at radius 2 is 1.21 bits per heavy atom. The summed E-state index contributed by atoms with van der Waals surface area (Å²) in [5, 5.41) is 23.7. The fourth-order valence-electron chi connectivity index (χ4n) is 2.26. The van der Waals surface area contributed by atoms with Crippen molar-refractivity contribution in [2.24, 2.45) is 0 Å². The molecular weight excluding hydrogens is 378 g/mol. The minimum absolute atomic E-state index is 0. The summed E-state index contributed by atoms with van der Waals surface area (Å²) in [5.41, 5.74) is 0.0208. The molecule has 4 aliphatic heterocycles. The molecule has 4 rings (SSSR count). The van der Waals surface area contributed by atoms with E-state index in [0.717, 1.165) is 0 Å². The Morgan fingerprint density at radius 3 is 1.42 bits per heavy atom. The predicted molar refractivity (Wildman–Crippen MR) is 71.9 cm³/mol. The van der Waals surface area contributed by atoms with Crippen molar-refractivity contribution < 1.29 is 88.5 Å². The number of amides is 2. The smallest absolute Gasteiger partial charge is 0.543 e. The van der Waals surface area contributed by atoms with E-state index in [1.807, 2.05) is 0 Å². The summed E-state index contributed by atoms with van der Waals surface area (Å²) in [7, 11) is 0. The van der Waals surface area contributed by atoms with Crippen LogP contribution < -0.4 is 69.3 Å². The number of carbonyl (C=O) groups excluding carboxylic acids is 4. The summed E-state index contributed by atoms with van der Waals surface area (Å²) in [5.74, 6) is -2.80. The number of rotatable bonds is 2. The molecule has 0 N–H and O–H groups in total. The van der Waals surface area contributed by atoms with Gasteiger partial charge in [0.05, 0.1) is 46.9 Å². The van der Waals surface area contributed by atoms with Crippen LogP contribution in [0.4, 0.5) is 0 Å². The van der Waals surface area contributed by atoms with Crippen LogP contribution in [-0.4, -0.2) is 44.3 Å². The van der Waals surface area contributed by atoms with E-state index >= 15 is 0 Å². The Kier molecular flexibility index (Phi) is 7.95. The molecule has 4 heterocycles. The molecule has 2 atom stereocenters. The summed E-state index contributed by atoms with van der Waals surface area (Å²) >= 11 is 2.71. The molecule has 116 valence electrons. The van der Waals surface area contributed by atoms with Gasteiger partial charge in [-0.25, -0.2) is 0 Å². The fourth-order valence-corrected chi connectivity index (χ4v) is 4.44. The first-order valence-corrected chi connectivity index (χ1v) is 8.06. The molecule has 0 aromatic carbocycles. The molecule has 0 unspecified atom stereocenters. The van der Waals surface area contributed by atoms with Gasteiger partial charge in [-0.05, 0) is 10.8 Å². The fraction of sp³-hybridized carbons (Fsp3) is 0.333. The van der Waals surface area contributed by atoms with Gasteiger partial charge in [-0.3, -0.25) is 19.4 Å². The second-order valence-corrected chi connectivity index (χ2v) is 6.80. The van der Waals surface area contributed by atoms with Crippen LogP contribution in [0.2, 0.25) is 0 Å². The summed E-state index contributed by atoms with van der Waals surface area (Å²) in [4.78, 5) is 44.8. The topological polar surface area (TPSA) is 121 Å². The second-order valence-electron chi connectivity index (χ2n) is 4.70. The molecule has 0 aromatic rings. The van der Waals surface area contributed by atoms with Crippen molar-refractivity contribution in [1.82, 2.24) is 9.80 Å². The molecule has 0 saturated carbocycles. The van der Waals surface area contributed by atoms with Gasteiger partial charge in [0.2, 0.25) is 11.8 Å². The minimum Gasteiger partial charge on any atom is -0.543 e. The number of hydrogen-bond donors (Lipinski definition) is 0. The van der Waals surface area contributed by atoms with Gasteiger partial charge in [0.25, 0.3) is 0 Å². The summed E-state index contributed by atoms with van der Waals surface area (Å²) in [6, 6.07) is 0.